The second-order valence-electron chi connectivity index (χ2n) is 8.33. The largest absolute Gasteiger partial charge is 0.419 e. The molecule has 0 bridgehead atoms. The molecule has 0 radical (unpaired) electrons. The lowest BCUT2D eigenvalue weighted by atomic mass is 9.85. The normalized spacial score (nSPS) is 20.2. The maximum absolute atomic E-state index is 13.0. The number of allylic oxidation sites excluding steroid dienone is 2. The van der Waals surface area contributed by atoms with E-state index in [1.54, 1.807) is 17.0 Å². The van der Waals surface area contributed by atoms with Crippen LogP contribution in [0.5, 0.6) is 0 Å². The standard InChI is InChI=1S/C23H25ClN4O4/c1-14(2)28(13-19-25-26-21(32-19)17-9-5-6-10-18(17)24)20(29)11-12-27-22(30)15-7-3-4-8-16(15)23(27)31/h3-6,9-10,14-16H,7-8,11-13H2,1-2H3. The van der Waals surface area contributed by atoms with Gasteiger partial charge in [0.2, 0.25) is 29.5 Å². The molecule has 1 aliphatic heterocycles. The fourth-order valence-electron chi connectivity index (χ4n) is 4.21. The summed E-state index contributed by atoms with van der Waals surface area (Å²) in [5.41, 5.74) is 0.623. The third kappa shape index (κ3) is 4.32. The molecule has 0 spiro atoms. The maximum atomic E-state index is 13.0. The first kappa shape index (κ1) is 22.2. The topological polar surface area (TPSA) is 96.6 Å². The van der Waals surface area contributed by atoms with E-state index < -0.39 is 0 Å². The zero-order chi connectivity index (χ0) is 22.8. The van der Waals surface area contributed by atoms with Crippen LogP contribution in [-0.4, -0.2) is 50.3 Å². The summed E-state index contributed by atoms with van der Waals surface area (Å²) in [7, 11) is 0. The van der Waals surface area contributed by atoms with Crippen LogP contribution in [-0.2, 0) is 20.9 Å². The number of hydrogen-bond donors (Lipinski definition) is 0. The summed E-state index contributed by atoms with van der Waals surface area (Å²) in [6.07, 6.45) is 5.12. The van der Waals surface area contributed by atoms with Gasteiger partial charge in [0.15, 0.2) is 0 Å². The highest BCUT2D eigenvalue weighted by molar-refractivity contribution is 6.33. The Kier molecular flexibility index (Phi) is 6.41. The minimum absolute atomic E-state index is 0.0496. The second-order valence-corrected chi connectivity index (χ2v) is 8.74. The van der Waals surface area contributed by atoms with E-state index in [9.17, 15) is 14.4 Å². The van der Waals surface area contributed by atoms with Gasteiger partial charge in [0.05, 0.1) is 29.0 Å². The molecular weight excluding hydrogens is 432 g/mol. The smallest absolute Gasteiger partial charge is 0.249 e. The zero-order valence-corrected chi connectivity index (χ0v) is 18.8. The number of rotatable bonds is 7. The Bertz CT molecular complexity index is 1040. The van der Waals surface area contributed by atoms with Crippen LogP contribution in [0.15, 0.2) is 40.8 Å². The number of likely N-dealkylation sites (tertiary alicyclic amines) is 1. The van der Waals surface area contributed by atoms with Gasteiger partial charge in [-0.3, -0.25) is 19.3 Å². The van der Waals surface area contributed by atoms with Gasteiger partial charge in [-0.1, -0.05) is 35.9 Å². The van der Waals surface area contributed by atoms with E-state index >= 15 is 0 Å². The van der Waals surface area contributed by atoms with Crippen LogP contribution in [0.25, 0.3) is 11.5 Å². The number of carbonyl (C=O) groups is 3. The van der Waals surface area contributed by atoms with Crippen molar-refractivity contribution in [1.82, 2.24) is 20.0 Å². The SMILES string of the molecule is CC(C)N(Cc1nnc(-c2ccccc2Cl)o1)C(=O)CCN1C(=O)C2CC=CCC2C1=O. The highest BCUT2D eigenvalue weighted by Crippen LogP contribution is 2.35. The van der Waals surface area contributed by atoms with Gasteiger partial charge in [-0.2, -0.15) is 0 Å². The van der Waals surface area contributed by atoms with Gasteiger partial charge >= 0.3 is 0 Å². The number of halogens is 1. The average Bonchev–Trinajstić information content (AvgIpc) is 3.34. The lowest BCUT2D eigenvalue weighted by Gasteiger charge is -2.26. The highest BCUT2D eigenvalue weighted by Gasteiger charge is 2.47. The van der Waals surface area contributed by atoms with Crippen LogP contribution in [0.1, 0.15) is 39.0 Å². The molecule has 1 fully saturated rings. The molecule has 2 aromatic rings. The van der Waals surface area contributed by atoms with Crippen molar-refractivity contribution < 1.29 is 18.8 Å². The first-order valence-electron chi connectivity index (χ1n) is 10.7. The van der Waals surface area contributed by atoms with E-state index in [2.05, 4.69) is 10.2 Å². The Morgan fingerprint density at radius 1 is 1.16 bits per heavy atom. The summed E-state index contributed by atoms with van der Waals surface area (Å²) in [5, 5.41) is 8.60. The molecule has 1 aliphatic carbocycles. The summed E-state index contributed by atoms with van der Waals surface area (Å²) in [6, 6.07) is 7.01. The van der Waals surface area contributed by atoms with Gasteiger partial charge in [0.1, 0.15) is 0 Å². The molecule has 2 aliphatic rings. The number of fused-ring (bicyclic) bond motifs is 1. The lowest BCUT2D eigenvalue weighted by molar-refractivity contribution is -0.141. The fourth-order valence-corrected chi connectivity index (χ4v) is 4.42. The van der Waals surface area contributed by atoms with E-state index in [0.29, 0.717) is 23.4 Å². The third-order valence-electron chi connectivity index (χ3n) is 5.97. The van der Waals surface area contributed by atoms with Crippen LogP contribution in [0.3, 0.4) is 0 Å². The fraction of sp³-hybridized carbons (Fsp3) is 0.435. The number of hydrogen-bond acceptors (Lipinski definition) is 6. The molecule has 168 valence electrons. The predicted octanol–water partition coefficient (Wildman–Crippen LogP) is 3.47. The van der Waals surface area contributed by atoms with Gasteiger partial charge in [0, 0.05) is 19.0 Å². The van der Waals surface area contributed by atoms with Crippen LogP contribution < -0.4 is 0 Å². The van der Waals surface area contributed by atoms with Crippen molar-refractivity contribution in [3.05, 3.63) is 47.3 Å². The van der Waals surface area contributed by atoms with E-state index in [1.807, 2.05) is 38.1 Å². The zero-order valence-electron chi connectivity index (χ0n) is 18.0. The molecule has 0 saturated carbocycles. The van der Waals surface area contributed by atoms with Crippen LogP contribution in [0.4, 0.5) is 0 Å². The number of nitrogens with zero attached hydrogens (tertiary/aromatic N) is 4. The second kappa shape index (κ2) is 9.24. The van der Waals surface area contributed by atoms with Gasteiger partial charge in [-0.05, 0) is 38.8 Å². The molecule has 8 nitrogen and oxygen atoms in total. The molecule has 32 heavy (non-hydrogen) atoms. The highest BCUT2D eigenvalue weighted by atomic mass is 35.5. The minimum Gasteiger partial charge on any atom is -0.419 e. The van der Waals surface area contributed by atoms with E-state index in [4.69, 9.17) is 16.0 Å². The molecule has 1 saturated heterocycles. The van der Waals surface area contributed by atoms with E-state index in [1.165, 1.54) is 4.90 Å². The number of amides is 3. The van der Waals surface area contributed by atoms with Crippen molar-refractivity contribution in [2.75, 3.05) is 6.54 Å². The first-order valence-corrected chi connectivity index (χ1v) is 11.1. The molecule has 9 heteroatoms. The summed E-state index contributed by atoms with van der Waals surface area (Å²) in [6.45, 7) is 3.98. The molecule has 1 aromatic heterocycles. The Labute approximate surface area is 191 Å². The number of carbonyl (C=O) groups excluding carboxylic acids is 3. The Balaban J connectivity index is 1.40. The number of aromatic nitrogens is 2. The van der Waals surface area contributed by atoms with E-state index in [0.717, 1.165) is 0 Å². The predicted molar refractivity (Wildman–Crippen MR) is 117 cm³/mol. The van der Waals surface area contributed by atoms with Crippen molar-refractivity contribution in [3.8, 4) is 11.5 Å². The summed E-state index contributed by atoms with van der Waals surface area (Å²) in [5.74, 6) is -0.537. The Morgan fingerprint density at radius 2 is 1.81 bits per heavy atom. The Hall–Kier alpha value is -3.00. The molecule has 2 heterocycles. The molecule has 2 unspecified atom stereocenters. The molecule has 1 aromatic carbocycles. The Morgan fingerprint density at radius 3 is 2.44 bits per heavy atom. The van der Waals surface area contributed by atoms with Crippen LogP contribution in [0.2, 0.25) is 5.02 Å². The van der Waals surface area contributed by atoms with Crippen molar-refractivity contribution in [3.63, 3.8) is 0 Å². The van der Waals surface area contributed by atoms with Gasteiger partial charge in [-0.25, -0.2) is 0 Å². The van der Waals surface area contributed by atoms with Gasteiger partial charge in [0.25, 0.3) is 0 Å². The van der Waals surface area contributed by atoms with Gasteiger partial charge < -0.3 is 9.32 Å². The van der Waals surface area contributed by atoms with Crippen molar-refractivity contribution in [2.45, 2.75) is 45.7 Å². The van der Waals surface area contributed by atoms with Crippen LogP contribution >= 0.6 is 11.6 Å². The summed E-state index contributed by atoms with van der Waals surface area (Å²) < 4.78 is 5.73. The molecular formula is C23H25ClN4O4. The van der Waals surface area contributed by atoms with Crippen LogP contribution in [0, 0.1) is 11.8 Å². The van der Waals surface area contributed by atoms with Gasteiger partial charge in [-0.15, -0.1) is 10.2 Å². The third-order valence-corrected chi connectivity index (χ3v) is 6.30. The average molecular weight is 457 g/mol. The number of benzene rings is 1. The maximum Gasteiger partial charge on any atom is 0.249 e. The molecule has 0 N–H and O–H groups in total. The molecule has 2 atom stereocenters. The summed E-state index contributed by atoms with van der Waals surface area (Å²) >= 11 is 6.19. The monoisotopic (exact) mass is 456 g/mol. The van der Waals surface area contributed by atoms with Crippen molar-refractivity contribution >= 4 is 29.3 Å². The minimum atomic E-state index is -0.287. The van der Waals surface area contributed by atoms with Crippen molar-refractivity contribution in [1.29, 1.82) is 0 Å². The molecule has 4 rings (SSSR count). The molecule has 3 amide bonds. The number of imide groups is 1. The first-order chi connectivity index (χ1) is 15.4. The van der Waals surface area contributed by atoms with E-state index in [-0.39, 0.29) is 66.9 Å². The quantitative estimate of drug-likeness (QED) is 0.467. The van der Waals surface area contributed by atoms with Crippen molar-refractivity contribution in [2.24, 2.45) is 11.8 Å². The lowest BCUT2D eigenvalue weighted by Crippen LogP contribution is -2.40. The summed E-state index contributed by atoms with van der Waals surface area (Å²) in [4.78, 5) is 41.1.